The molecular formula is C19H18FNO2. The summed E-state index contributed by atoms with van der Waals surface area (Å²) >= 11 is 0. The van der Waals surface area contributed by atoms with Crippen molar-refractivity contribution in [2.45, 2.75) is 19.9 Å². The number of aromatic nitrogens is 1. The summed E-state index contributed by atoms with van der Waals surface area (Å²) in [6, 6.07) is 14.0. The van der Waals surface area contributed by atoms with Crippen LogP contribution in [-0.4, -0.2) is 17.1 Å². The Kier molecular flexibility index (Phi) is 4.42. The van der Waals surface area contributed by atoms with E-state index >= 15 is 0 Å². The summed E-state index contributed by atoms with van der Waals surface area (Å²) in [5.41, 5.74) is 2.52. The number of ether oxygens (including phenoxy) is 1. The summed E-state index contributed by atoms with van der Waals surface area (Å²) in [5, 5.41) is 0.864. The zero-order chi connectivity index (χ0) is 16.2. The molecule has 0 spiro atoms. The number of halogens is 1. The van der Waals surface area contributed by atoms with Crippen LogP contribution >= 0.6 is 0 Å². The fraction of sp³-hybridized carbons (Fsp3) is 0.211. The molecule has 1 aromatic heterocycles. The van der Waals surface area contributed by atoms with Crippen molar-refractivity contribution in [3.8, 4) is 0 Å². The number of carbonyl (C=O) groups is 1. The molecule has 118 valence electrons. The van der Waals surface area contributed by atoms with E-state index < -0.39 is 0 Å². The molecule has 0 unspecified atom stereocenters. The minimum atomic E-state index is -0.298. The van der Waals surface area contributed by atoms with Crippen LogP contribution in [0.1, 0.15) is 29.3 Å². The van der Waals surface area contributed by atoms with E-state index in [0.717, 1.165) is 22.9 Å². The van der Waals surface area contributed by atoms with Crippen LogP contribution in [0.25, 0.3) is 10.9 Å². The molecule has 0 amide bonds. The molecule has 23 heavy (non-hydrogen) atoms. The van der Waals surface area contributed by atoms with Gasteiger partial charge in [0, 0.05) is 23.6 Å². The smallest absolute Gasteiger partial charge is 0.338 e. The van der Waals surface area contributed by atoms with Gasteiger partial charge in [0.25, 0.3) is 0 Å². The van der Waals surface area contributed by atoms with Gasteiger partial charge in [-0.05, 0) is 48.4 Å². The van der Waals surface area contributed by atoms with Crippen molar-refractivity contribution in [3.05, 3.63) is 71.7 Å². The first-order valence-corrected chi connectivity index (χ1v) is 7.68. The van der Waals surface area contributed by atoms with Gasteiger partial charge >= 0.3 is 5.97 Å². The normalized spacial score (nSPS) is 10.9. The predicted octanol–water partition coefficient (Wildman–Crippen LogP) is 4.40. The van der Waals surface area contributed by atoms with Crippen molar-refractivity contribution >= 4 is 16.9 Å². The van der Waals surface area contributed by atoms with E-state index in [1.165, 1.54) is 12.1 Å². The number of esters is 1. The lowest BCUT2D eigenvalue weighted by Gasteiger charge is -2.08. The monoisotopic (exact) mass is 311 g/mol. The maximum atomic E-state index is 13.3. The Morgan fingerprint density at radius 3 is 2.87 bits per heavy atom. The third-order valence-corrected chi connectivity index (χ3v) is 3.69. The van der Waals surface area contributed by atoms with E-state index in [4.69, 9.17) is 4.74 Å². The van der Waals surface area contributed by atoms with Crippen LogP contribution in [0.2, 0.25) is 0 Å². The molecule has 0 N–H and O–H groups in total. The van der Waals surface area contributed by atoms with E-state index in [0.29, 0.717) is 18.7 Å². The molecule has 0 fully saturated rings. The molecule has 0 radical (unpaired) electrons. The third kappa shape index (κ3) is 3.42. The topological polar surface area (TPSA) is 31.2 Å². The van der Waals surface area contributed by atoms with Crippen LogP contribution in [0.3, 0.4) is 0 Å². The Bertz CT molecular complexity index is 838. The number of benzene rings is 2. The largest absolute Gasteiger partial charge is 0.462 e. The molecule has 0 aliphatic carbocycles. The van der Waals surface area contributed by atoms with Gasteiger partial charge < -0.3 is 9.30 Å². The fourth-order valence-electron chi connectivity index (χ4n) is 2.58. The Balaban J connectivity index is 1.83. The highest BCUT2D eigenvalue weighted by Crippen LogP contribution is 2.19. The second-order valence-corrected chi connectivity index (χ2v) is 5.48. The van der Waals surface area contributed by atoms with E-state index in [9.17, 15) is 9.18 Å². The average molecular weight is 311 g/mol. The highest BCUT2D eigenvalue weighted by atomic mass is 19.1. The van der Waals surface area contributed by atoms with Crippen LogP contribution in [0.4, 0.5) is 4.39 Å². The van der Waals surface area contributed by atoms with Gasteiger partial charge in [-0.3, -0.25) is 0 Å². The summed E-state index contributed by atoms with van der Waals surface area (Å²) in [6.45, 7) is 3.00. The van der Waals surface area contributed by atoms with Crippen molar-refractivity contribution in [1.29, 1.82) is 0 Å². The zero-order valence-corrected chi connectivity index (χ0v) is 13.0. The van der Waals surface area contributed by atoms with Gasteiger partial charge in [0.05, 0.1) is 12.2 Å². The van der Waals surface area contributed by atoms with E-state index in [2.05, 4.69) is 0 Å². The molecule has 0 aliphatic rings. The lowest BCUT2D eigenvalue weighted by atomic mass is 10.1. The SMILES string of the molecule is CCCOC(=O)c1cccc(Cn2ccc3cc(F)ccc32)c1. The molecule has 3 aromatic rings. The molecule has 3 rings (SSSR count). The Morgan fingerprint density at radius 1 is 1.17 bits per heavy atom. The van der Waals surface area contributed by atoms with Gasteiger partial charge in [-0.2, -0.15) is 0 Å². The molecule has 0 atom stereocenters. The summed E-state index contributed by atoms with van der Waals surface area (Å²) < 4.78 is 20.5. The zero-order valence-electron chi connectivity index (χ0n) is 13.0. The second kappa shape index (κ2) is 6.65. The fourth-order valence-corrected chi connectivity index (χ4v) is 2.58. The van der Waals surface area contributed by atoms with Crippen LogP contribution in [-0.2, 0) is 11.3 Å². The first-order valence-electron chi connectivity index (χ1n) is 7.68. The van der Waals surface area contributed by atoms with Gasteiger partial charge in [0.2, 0.25) is 0 Å². The molecule has 0 aliphatic heterocycles. The Morgan fingerprint density at radius 2 is 2.04 bits per heavy atom. The van der Waals surface area contributed by atoms with Crippen molar-refractivity contribution in [3.63, 3.8) is 0 Å². The van der Waals surface area contributed by atoms with Gasteiger partial charge in [-0.25, -0.2) is 9.18 Å². The van der Waals surface area contributed by atoms with Crippen molar-refractivity contribution in [2.24, 2.45) is 0 Å². The van der Waals surface area contributed by atoms with E-state index in [-0.39, 0.29) is 11.8 Å². The quantitative estimate of drug-likeness (QED) is 0.654. The summed E-state index contributed by atoms with van der Waals surface area (Å²) in [4.78, 5) is 11.9. The standard InChI is InChI=1S/C19H18FNO2/c1-2-10-23-19(22)16-5-3-4-14(11-16)13-21-9-8-15-12-17(20)6-7-18(15)21/h3-9,11-12H,2,10,13H2,1H3. The predicted molar refractivity (Wildman–Crippen MR) is 88.0 cm³/mol. The minimum Gasteiger partial charge on any atom is -0.462 e. The van der Waals surface area contributed by atoms with Crippen molar-refractivity contribution in [2.75, 3.05) is 6.61 Å². The van der Waals surface area contributed by atoms with Gasteiger partial charge in [-0.15, -0.1) is 0 Å². The molecule has 0 bridgehead atoms. The minimum absolute atomic E-state index is 0.240. The first kappa shape index (κ1) is 15.3. The highest BCUT2D eigenvalue weighted by molar-refractivity contribution is 5.89. The molecule has 0 saturated heterocycles. The first-order chi connectivity index (χ1) is 11.2. The van der Waals surface area contributed by atoms with Crippen LogP contribution < -0.4 is 0 Å². The lowest BCUT2D eigenvalue weighted by molar-refractivity contribution is 0.0505. The van der Waals surface area contributed by atoms with Gasteiger partial charge in [-0.1, -0.05) is 19.1 Å². The number of hydrogen-bond acceptors (Lipinski definition) is 2. The maximum Gasteiger partial charge on any atom is 0.338 e. The van der Waals surface area contributed by atoms with Crippen LogP contribution in [0.5, 0.6) is 0 Å². The Hall–Kier alpha value is -2.62. The molecule has 4 heteroatoms. The number of fused-ring (bicyclic) bond motifs is 1. The summed E-state index contributed by atoms with van der Waals surface area (Å²) in [7, 11) is 0. The molecular weight excluding hydrogens is 293 g/mol. The third-order valence-electron chi connectivity index (χ3n) is 3.69. The molecule has 0 saturated carbocycles. The lowest BCUT2D eigenvalue weighted by Crippen LogP contribution is -2.07. The van der Waals surface area contributed by atoms with Crippen LogP contribution in [0.15, 0.2) is 54.7 Å². The molecule has 2 aromatic carbocycles. The van der Waals surface area contributed by atoms with Crippen molar-refractivity contribution < 1.29 is 13.9 Å². The van der Waals surface area contributed by atoms with E-state index in [1.54, 1.807) is 12.1 Å². The van der Waals surface area contributed by atoms with Gasteiger partial charge in [0.1, 0.15) is 5.82 Å². The van der Waals surface area contributed by atoms with Crippen LogP contribution in [0, 0.1) is 5.82 Å². The second-order valence-electron chi connectivity index (χ2n) is 5.48. The molecule has 1 heterocycles. The number of hydrogen-bond donors (Lipinski definition) is 0. The van der Waals surface area contributed by atoms with Gasteiger partial charge in [0.15, 0.2) is 0 Å². The average Bonchev–Trinajstić information content (AvgIpc) is 2.94. The number of nitrogens with zero attached hydrogens (tertiary/aromatic N) is 1. The summed E-state index contributed by atoms with van der Waals surface area (Å²) in [6.07, 6.45) is 2.73. The Labute approximate surface area is 134 Å². The number of carbonyl (C=O) groups excluding carboxylic acids is 1. The maximum absolute atomic E-state index is 13.3. The summed E-state index contributed by atoms with van der Waals surface area (Å²) in [5.74, 6) is -0.538. The number of rotatable bonds is 5. The van der Waals surface area contributed by atoms with E-state index in [1.807, 2.05) is 42.0 Å². The highest BCUT2D eigenvalue weighted by Gasteiger charge is 2.08. The molecule has 3 nitrogen and oxygen atoms in total. The van der Waals surface area contributed by atoms with Crippen molar-refractivity contribution in [1.82, 2.24) is 4.57 Å².